The largest absolute Gasteiger partial charge is 0.323 e. The fourth-order valence-electron chi connectivity index (χ4n) is 3.15. The second-order valence-corrected chi connectivity index (χ2v) is 6.66. The normalized spacial score (nSPS) is 15.6. The molecule has 0 unspecified atom stereocenters. The van der Waals surface area contributed by atoms with Crippen molar-refractivity contribution in [3.05, 3.63) is 65.2 Å². The Morgan fingerprint density at radius 1 is 1.04 bits per heavy atom. The summed E-state index contributed by atoms with van der Waals surface area (Å²) in [5, 5.41) is 2.94. The van der Waals surface area contributed by atoms with Crippen LogP contribution >= 0.6 is 0 Å². The molecule has 6 heteroatoms. The predicted octanol–water partition coefficient (Wildman–Crippen LogP) is 4.01. The number of anilines is 1. The molecule has 4 nitrogen and oxygen atoms in total. The molecule has 2 amide bonds. The first-order valence-corrected chi connectivity index (χ1v) is 8.80. The van der Waals surface area contributed by atoms with Gasteiger partial charge in [0.15, 0.2) is 11.6 Å². The smallest absolute Gasteiger partial charge is 0.321 e. The number of aryl methyl sites for hydroxylation is 1. The highest BCUT2D eigenvalue weighted by Gasteiger charge is 2.19. The first-order valence-electron chi connectivity index (χ1n) is 8.80. The van der Waals surface area contributed by atoms with Crippen LogP contribution in [-0.4, -0.2) is 42.0 Å². The van der Waals surface area contributed by atoms with E-state index in [1.807, 2.05) is 31.2 Å². The minimum atomic E-state index is -0.830. The zero-order valence-electron chi connectivity index (χ0n) is 14.8. The van der Waals surface area contributed by atoms with Crippen molar-refractivity contribution < 1.29 is 13.6 Å². The van der Waals surface area contributed by atoms with Crippen molar-refractivity contribution in [3.8, 4) is 0 Å². The van der Waals surface area contributed by atoms with Gasteiger partial charge in [-0.1, -0.05) is 18.2 Å². The van der Waals surface area contributed by atoms with E-state index in [1.165, 1.54) is 6.07 Å². The fraction of sp³-hybridized carbons (Fsp3) is 0.350. The van der Waals surface area contributed by atoms with E-state index in [1.54, 1.807) is 11.0 Å². The minimum absolute atomic E-state index is 0.106. The van der Waals surface area contributed by atoms with Crippen LogP contribution in [0.25, 0.3) is 0 Å². The summed E-state index contributed by atoms with van der Waals surface area (Å²) in [6, 6.07) is 11.6. The van der Waals surface area contributed by atoms with Crippen molar-refractivity contribution in [1.29, 1.82) is 0 Å². The van der Waals surface area contributed by atoms with Crippen molar-refractivity contribution in [2.75, 3.05) is 31.5 Å². The Morgan fingerprint density at radius 3 is 2.65 bits per heavy atom. The summed E-state index contributed by atoms with van der Waals surface area (Å²) < 4.78 is 26.4. The van der Waals surface area contributed by atoms with Crippen molar-refractivity contribution in [2.45, 2.75) is 19.9 Å². The lowest BCUT2D eigenvalue weighted by atomic mass is 10.2. The van der Waals surface area contributed by atoms with Crippen molar-refractivity contribution in [1.82, 2.24) is 9.80 Å². The quantitative estimate of drug-likeness (QED) is 0.899. The standard InChI is InChI=1S/C20H23F2N3O/c1-15-4-2-5-17(12-15)23-20(26)25-9-3-8-24(10-11-25)14-16-6-7-18(21)19(22)13-16/h2,4-7,12-13H,3,8-11,14H2,1H3,(H,23,26). The van der Waals surface area contributed by atoms with Gasteiger partial charge in [0, 0.05) is 38.4 Å². The molecule has 0 aliphatic carbocycles. The molecule has 2 aromatic carbocycles. The van der Waals surface area contributed by atoms with Crippen LogP contribution in [0.2, 0.25) is 0 Å². The summed E-state index contributed by atoms with van der Waals surface area (Å²) >= 11 is 0. The number of carbonyl (C=O) groups excluding carboxylic acids is 1. The number of hydrogen-bond donors (Lipinski definition) is 1. The van der Waals surface area contributed by atoms with Gasteiger partial charge < -0.3 is 10.2 Å². The average molecular weight is 359 g/mol. The van der Waals surface area contributed by atoms with Gasteiger partial charge in [0.1, 0.15) is 0 Å². The molecule has 1 N–H and O–H groups in total. The zero-order valence-corrected chi connectivity index (χ0v) is 14.8. The van der Waals surface area contributed by atoms with E-state index < -0.39 is 11.6 Å². The predicted molar refractivity (Wildman–Crippen MR) is 98.0 cm³/mol. The molecular formula is C20H23F2N3O. The molecule has 2 aromatic rings. The van der Waals surface area contributed by atoms with Crippen LogP contribution in [0.15, 0.2) is 42.5 Å². The van der Waals surface area contributed by atoms with Crippen LogP contribution in [0.1, 0.15) is 17.5 Å². The third-order valence-corrected chi connectivity index (χ3v) is 4.54. The van der Waals surface area contributed by atoms with Gasteiger partial charge in [0.05, 0.1) is 0 Å². The zero-order chi connectivity index (χ0) is 18.5. The number of urea groups is 1. The van der Waals surface area contributed by atoms with Crippen LogP contribution < -0.4 is 5.32 Å². The molecule has 26 heavy (non-hydrogen) atoms. The average Bonchev–Trinajstić information content (AvgIpc) is 2.84. The van der Waals surface area contributed by atoms with Crippen molar-refractivity contribution >= 4 is 11.7 Å². The lowest BCUT2D eigenvalue weighted by Crippen LogP contribution is -2.38. The molecule has 0 aromatic heterocycles. The van der Waals surface area contributed by atoms with Gasteiger partial charge in [-0.05, 0) is 48.7 Å². The Hall–Kier alpha value is -2.47. The number of halogens is 2. The second kappa shape index (κ2) is 8.27. The Bertz CT molecular complexity index is 781. The van der Waals surface area contributed by atoms with Gasteiger partial charge in [-0.3, -0.25) is 4.90 Å². The first kappa shape index (κ1) is 18.3. The van der Waals surface area contributed by atoms with Crippen LogP contribution in [0.4, 0.5) is 19.3 Å². The molecule has 0 spiro atoms. The maximum atomic E-state index is 13.4. The van der Waals surface area contributed by atoms with E-state index in [-0.39, 0.29) is 6.03 Å². The Kier molecular flexibility index (Phi) is 5.83. The van der Waals surface area contributed by atoms with Gasteiger partial charge in [-0.2, -0.15) is 0 Å². The summed E-state index contributed by atoms with van der Waals surface area (Å²) in [5.41, 5.74) is 2.62. The maximum absolute atomic E-state index is 13.4. The van der Waals surface area contributed by atoms with E-state index in [0.29, 0.717) is 26.2 Å². The topological polar surface area (TPSA) is 35.6 Å². The highest BCUT2D eigenvalue weighted by Crippen LogP contribution is 2.14. The molecule has 0 atom stereocenters. The number of nitrogens with one attached hydrogen (secondary N) is 1. The molecule has 1 fully saturated rings. The van der Waals surface area contributed by atoms with E-state index in [0.717, 1.165) is 35.8 Å². The summed E-state index contributed by atoms with van der Waals surface area (Å²) in [4.78, 5) is 16.4. The summed E-state index contributed by atoms with van der Waals surface area (Å²) in [5.74, 6) is -1.65. The van der Waals surface area contributed by atoms with E-state index in [2.05, 4.69) is 10.2 Å². The molecule has 3 rings (SSSR count). The lowest BCUT2D eigenvalue weighted by Gasteiger charge is -2.22. The lowest BCUT2D eigenvalue weighted by molar-refractivity contribution is 0.211. The number of rotatable bonds is 3. The molecule has 0 saturated carbocycles. The number of hydrogen-bond acceptors (Lipinski definition) is 2. The molecule has 1 saturated heterocycles. The van der Waals surface area contributed by atoms with Gasteiger partial charge in [0.25, 0.3) is 0 Å². The number of carbonyl (C=O) groups is 1. The van der Waals surface area contributed by atoms with Gasteiger partial charge in [0.2, 0.25) is 0 Å². The van der Waals surface area contributed by atoms with Crippen LogP contribution in [0, 0.1) is 18.6 Å². The van der Waals surface area contributed by atoms with E-state index in [9.17, 15) is 13.6 Å². The van der Waals surface area contributed by atoms with Crippen molar-refractivity contribution in [2.24, 2.45) is 0 Å². The van der Waals surface area contributed by atoms with Gasteiger partial charge in [-0.15, -0.1) is 0 Å². The molecule has 0 radical (unpaired) electrons. The molecular weight excluding hydrogens is 336 g/mol. The second-order valence-electron chi connectivity index (χ2n) is 6.66. The van der Waals surface area contributed by atoms with E-state index >= 15 is 0 Å². The van der Waals surface area contributed by atoms with Gasteiger partial charge >= 0.3 is 6.03 Å². The van der Waals surface area contributed by atoms with Crippen molar-refractivity contribution in [3.63, 3.8) is 0 Å². The third-order valence-electron chi connectivity index (χ3n) is 4.54. The third kappa shape index (κ3) is 4.79. The number of amides is 2. The molecule has 1 aliphatic heterocycles. The SMILES string of the molecule is Cc1cccc(NC(=O)N2CCCN(Cc3ccc(F)c(F)c3)CC2)c1. The van der Waals surface area contributed by atoms with Crippen LogP contribution in [0.5, 0.6) is 0 Å². The first-order chi connectivity index (χ1) is 12.5. The maximum Gasteiger partial charge on any atom is 0.321 e. The molecule has 138 valence electrons. The highest BCUT2D eigenvalue weighted by atomic mass is 19.2. The number of nitrogens with zero attached hydrogens (tertiary/aromatic N) is 2. The highest BCUT2D eigenvalue weighted by molar-refractivity contribution is 5.89. The Balaban J connectivity index is 1.55. The fourth-order valence-corrected chi connectivity index (χ4v) is 3.15. The van der Waals surface area contributed by atoms with E-state index in [4.69, 9.17) is 0 Å². The number of benzene rings is 2. The molecule has 1 aliphatic rings. The Morgan fingerprint density at radius 2 is 1.88 bits per heavy atom. The summed E-state index contributed by atoms with van der Waals surface area (Å²) in [6.45, 7) is 5.31. The molecule has 1 heterocycles. The summed E-state index contributed by atoms with van der Waals surface area (Å²) in [7, 11) is 0. The van der Waals surface area contributed by atoms with Gasteiger partial charge in [-0.25, -0.2) is 13.6 Å². The monoisotopic (exact) mass is 359 g/mol. The minimum Gasteiger partial charge on any atom is -0.323 e. The summed E-state index contributed by atoms with van der Waals surface area (Å²) in [6.07, 6.45) is 0.838. The Labute approximate surface area is 152 Å². The van der Waals surface area contributed by atoms with Crippen LogP contribution in [-0.2, 0) is 6.54 Å². The molecule has 0 bridgehead atoms. The van der Waals surface area contributed by atoms with Crippen LogP contribution in [0.3, 0.4) is 0 Å².